The van der Waals surface area contributed by atoms with E-state index in [0.717, 1.165) is 44.4 Å². The van der Waals surface area contributed by atoms with Gasteiger partial charge in [-0.25, -0.2) is 0 Å². The molecule has 1 heterocycles. The molecular weight excluding hydrogens is 300 g/mol. The van der Waals surface area contributed by atoms with E-state index < -0.39 is 0 Å². The van der Waals surface area contributed by atoms with Gasteiger partial charge in [-0.1, -0.05) is 32.1 Å². The monoisotopic (exact) mass is 336 g/mol. The van der Waals surface area contributed by atoms with E-state index in [2.05, 4.69) is 20.5 Å². The minimum atomic E-state index is 0.165. The van der Waals surface area contributed by atoms with E-state index in [1.54, 1.807) is 7.05 Å². The van der Waals surface area contributed by atoms with Gasteiger partial charge in [0, 0.05) is 40.2 Å². The summed E-state index contributed by atoms with van der Waals surface area (Å²) in [7, 11) is 3.59. The Kier molecular flexibility index (Phi) is 8.40. The molecule has 138 valence electrons. The van der Waals surface area contributed by atoms with Gasteiger partial charge < -0.3 is 15.5 Å². The summed E-state index contributed by atoms with van der Waals surface area (Å²) >= 11 is 0. The Morgan fingerprint density at radius 2 is 1.79 bits per heavy atom. The largest absolute Gasteiger partial charge is 0.359 e. The molecule has 0 aromatic heterocycles. The Labute approximate surface area is 147 Å². The summed E-state index contributed by atoms with van der Waals surface area (Å²) in [5.74, 6) is 2.68. The lowest BCUT2D eigenvalue weighted by Gasteiger charge is -2.34. The van der Waals surface area contributed by atoms with Crippen LogP contribution < -0.4 is 10.6 Å². The fraction of sp³-hybridized carbons (Fsp3) is 0.895. The molecular formula is C19H36N4O. The lowest BCUT2D eigenvalue weighted by atomic mass is 9.86. The van der Waals surface area contributed by atoms with Crippen molar-refractivity contribution in [1.82, 2.24) is 15.5 Å². The molecule has 0 bridgehead atoms. The number of guanidine groups is 1. The number of hydrogen-bond acceptors (Lipinski definition) is 2. The lowest BCUT2D eigenvalue weighted by Crippen LogP contribution is -2.46. The molecule has 1 saturated carbocycles. The fourth-order valence-electron chi connectivity index (χ4n) is 4.11. The quantitative estimate of drug-likeness (QED) is 0.445. The summed E-state index contributed by atoms with van der Waals surface area (Å²) in [5, 5.41) is 6.27. The molecule has 2 rings (SSSR count). The van der Waals surface area contributed by atoms with Gasteiger partial charge in [0.2, 0.25) is 5.91 Å². The smallest absolute Gasteiger partial charge is 0.220 e. The number of piperidine rings is 1. The second kappa shape index (κ2) is 10.6. The van der Waals surface area contributed by atoms with Crippen LogP contribution in [0.2, 0.25) is 0 Å². The van der Waals surface area contributed by atoms with Gasteiger partial charge >= 0.3 is 0 Å². The average molecular weight is 337 g/mol. The van der Waals surface area contributed by atoms with E-state index >= 15 is 0 Å². The highest BCUT2D eigenvalue weighted by Gasteiger charge is 2.23. The Bertz CT molecular complexity index is 396. The summed E-state index contributed by atoms with van der Waals surface area (Å²) in [5.41, 5.74) is 0. The van der Waals surface area contributed by atoms with Crippen molar-refractivity contribution >= 4 is 11.9 Å². The summed E-state index contributed by atoms with van der Waals surface area (Å²) in [6, 6.07) is 0. The number of amides is 1. The Morgan fingerprint density at radius 3 is 2.42 bits per heavy atom. The number of carbonyl (C=O) groups excluding carboxylic acids is 1. The lowest BCUT2D eigenvalue weighted by molar-refractivity contribution is -0.121. The molecule has 0 unspecified atom stereocenters. The van der Waals surface area contributed by atoms with Crippen molar-refractivity contribution in [3.63, 3.8) is 0 Å². The van der Waals surface area contributed by atoms with E-state index in [1.807, 2.05) is 7.05 Å². The number of rotatable bonds is 6. The van der Waals surface area contributed by atoms with Gasteiger partial charge in [-0.15, -0.1) is 0 Å². The maximum Gasteiger partial charge on any atom is 0.220 e. The zero-order valence-corrected chi connectivity index (χ0v) is 15.6. The predicted molar refractivity (Wildman–Crippen MR) is 100 cm³/mol. The maximum absolute atomic E-state index is 11.5. The van der Waals surface area contributed by atoms with Crippen LogP contribution in [0.5, 0.6) is 0 Å². The molecule has 5 nitrogen and oxygen atoms in total. The van der Waals surface area contributed by atoms with Gasteiger partial charge in [-0.2, -0.15) is 0 Å². The van der Waals surface area contributed by atoms with Crippen LogP contribution in [0, 0.1) is 11.8 Å². The molecule has 0 aromatic carbocycles. The molecule has 1 amide bonds. The van der Waals surface area contributed by atoms with Crippen molar-refractivity contribution in [3.8, 4) is 0 Å². The van der Waals surface area contributed by atoms with Crippen LogP contribution >= 0.6 is 0 Å². The molecule has 0 aromatic rings. The molecule has 2 N–H and O–H groups in total. The molecule has 1 aliphatic heterocycles. The maximum atomic E-state index is 11.5. The zero-order valence-electron chi connectivity index (χ0n) is 15.6. The number of aliphatic imine (C=N–C) groups is 1. The second-order valence-electron chi connectivity index (χ2n) is 7.43. The highest BCUT2D eigenvalue weighted by atomic mass is 16.1. The Hall–Kier alpha value is -1.26. The van der Waals surface area contributed by atoms with Gasteiger partial charge in [0.05, 0.1) is 0 Å². The van der Waals surface area contributed by atoms with Gasteiger partial charge in [0.25, 0.3) is 0 Å². The molecule has 0 atom stereocenters. The van der Waals surface area contributed by atoms with Crippen molar-refractivity contribution in [2.24, 2.45) is 16.8 Å². The van der Waals surface area contributed by atoms with Crippen LogP contribution in [0.4, 0.5) is 0 Å². The summed E-state index contributed by atoms with van der Waals surface area (Å²) in [4.78, 5) is 18.3. The first kappa shape index (κ1) is 19.1. The third-order valence-corrected chi connectivity index (χ3v) is 5.68. The third kappa shape index (κ3) is 6.33. The van der Waals surface area contributed by atoms with Crippen LogP contribution in [0.1, 0.15) is 64.2 Å². The SMILES string of the molecule is CN=C(NCCCC1CCCCC1)N1CCC(CC(=O)NC)CC1. The van der Waals surface area contributed by atoms with Crippen molar-refractivity contribution in [2.45, 2.75) is 64.2 Å². The van der Waals surface area contributed by atoms with E-state index in [4.69, 9.17) is 0 Å². The highest BCUT2D eigenvalue weighted by Crippen LogP contribution is 2.27. The molecule has 0 radical (unpaired) electrons. The Morgan fingerprint density at radius 1 is 1.08 bits per heavy atom. The van der Waals surface area contributed by atoms with E-state index in [-0.39, 0.29) is 5.91 Å². The van der Waals surface area contributed by atoms with Crippen LogP contribution in [0.25, 0.3) is 0 Å². The first-order valence-electron chi connectivity index (χ1n) is 9.89. The standard InChI is InChI=1S/C19H36N4O/c1-20-18(24)15-17-10-13-23(14-11-17)19(21-2)22-12-6-9-16-7-4-3-5-8-16/h16-17H,3-15H2,1-2H3,(H,20,24)(H,21,22). The van der Waals surface area contributed by atoms with Crippen LogP contribution in [-0.2, 0) is 4.79 Å². The molecule has 0 spiro atoms. The number of carbonyl (C=O) groups is 1. The first-order valence-corrected chi connectivity index (χ1v) is 9.89. The van der Waals surface area contributed by atoms with Gasteiger partial charge in [0.1, 0.15) is 0 Å². The van der Waals surface area contributed by atoms with Crippen molar-refractivity contribution in [3.05, 3.63) is 0 Å². The van der Waals surface area contributed by atoms with Gasteiger partial charge in [0.15, 0.2) is 5.96 Å². The number of nitrogens with zero attached hydrogens (tertiary/aromatic N) is 2. The Balaban J connectivity index is 1.62. The first-order chi connectivity index (χ1) is 11.7. The number of likely N-dealkylation sites (tertiary alicyclic amines) is 1. The third-order valence-electron chi connectivity index (χ3n) is 5.68. The normalized spacial score (nSPS) is 20.9. The highest BCUT2D eigenvalue weighted by molar-refractivity contribution is 5.80. The molecule has 2 fully saturated rings. The number of hydrogen-bond donors (Lipinski definition) is 2. The summed E-state index contributed by atoms with van der Waals surface area (Å²) < 4.78 is 0. The summed E-state index contributed by atoms with van der Waals surface area (Å²) in [6.07, 6.45) is 12.6. The van der Waals surface area contributed by atoms with Crippen molar-refractivity contribution in [2.75, 3.05) is 33.7 Å². The fourth-order valence-corrected chi connectivity index (χ4v) is 4.11. The zero-order chi connectivity index (χ0) is 17.2. The predicted octanol–water partition coefficient (Wildman–Crippen LogP) is 2.77. The topological polar surface area (TPSA) is 56.7 Å². The van der Waals surface area contributed by atoms with Crippen LogP contribution in [-0.4, -0.2) is 50.5 Å². The van der Waals surface area contributed by atoms with E-state index in [9.17, 15) is 4.79 Å². The molecule has 1 saturated heterocycles. The van der Waals surface area contributed by atoms with Gasteiger partial charge in [-0.3, -0.25) is 9.79 Å². The molecule has 1 aliphatic carbocycles. The van der Waals surface area contributed by atoms with E-state index in [0.29, 0.717) is 12.3 Å². The minimum absolute atomic E-state index is 0.165. The average Bonchev–Trinajstić information content (AvgIpc) is 2.63. The van der Waals surface area contributed by atoms with Crippen molar-refractivity contribution in [1.29, 1.82) is 0 Å². The molecule has 2 aliphatic rings. The van der Waals surface area contributed by atoms with E-state index in [1.165, 1.54) is 44.9 Å². The summed E-state index contributed by atoms with van der Waals surface area (Å²) in [6.45, 7) is 3.04. The van der Waals surface area contributed by atoms with Crippen LogP contribution in [0.3, 0.4) is 0 Å². The van der Waals surface area contributed by atoms with Gasteiger partial charge in [-0.05, 0) is 37.5 Å². The van der Waals surface area contributed by atoms with Crippen molar-refractivity contribution < 1.29 is 4.79 Å². The molecule has 5 heteroatoms. The second-order valence-corrected chi connectivity index (χ2v) is 7.43. The number of nitrogens with one attached hydrogen (secondary N) is 2. The van der Waals surface area contributed by atoms with Crippen LogP contribution in [0.15, 0.2) is 4.99 Å². The molecule has 24 heavy (non-hydrogen) atoms. The minimum Gasteiger partial charge on any atom is -0.359 e.